The van der Waals surface area contributed by atoms with Crippen LogP contribution in [0.3, 0.4) is 0 Å². The SMILES string of the molecule is CC(O)(Cn1nc(C(N)=O)ccc1=O)c1cccc(C(F)(F)F)c1. The van der Waals surface area contributed by atoms with E-state index >= 15 is 0 Å². The number of aromatic nitrogens is 2. The first kappa shape index (κ1) is 17.7. The molecule has 128 valence electrons. The van der Waals surface area contributed by atoms with Gasteiger partial charge in [0.25, 0.3) is 11.5 Å². The highest BCUT2D eigenvalue weighted by Gasteiger charge is 2.33. The number of carbonyl (C=O) groups is 1. The lowest BCUT2D eigenvalue weighted by molar-refractivity contribution is -0.137. The van der Waals surface area contributed by atoms with E-state index in [9.17, 15) is 27.9 Å². The molecule has 9 heteroatoms. The summed E-state index contributed by atoms with van der Waals surface area (Å²) in [6, 6.07) is 6.29. The molecule has 0 saturated carbocycles. The van der Waals surface area contributed by atoms with Gasteiger partial charge in [-0.3, -0.25) is 9.59 Å². The van der Waals surface area contributed by atoms with Gasteiger partial charge >= 0.3 is 6.18 Å². The Morgan fingerprint density at radius 1 is 1.25 bits per heavy atom. The molecule has 1 amide bonds. The van der Waals surface area contributed by atoms with Crippen molar-refractivity contribution in [3.63, 3.8) is 0 Å². The van der Waals surface area contributed by atoms with Gasteiger partial charge in [-0.1, -0.05) is 12.1 Å². The van der Waals surface area contributed by atoms with Gasteiger partial charge in [-0.15, -0.1) is 0 Å². The van der Waals surface area contributed by atoms with Crippen molar-refractivity contribution >= 4 is 5.91 Å². The molecule has 1 aromatic heterocycles. The Labute approximate surface area is 134 Å². The van der Waals surface area contributed by atoms with Crippen LogP contribution in [0.5, 0.6) is 0 Å². The first-order valence-electron chi connectivity index (χ1n) is 6.79. The zero-order valence-corrected chi connectivity index (χ0v) is 12.5. The Kier molecular flexibility index (Phi) is 4.48. The fourth-order valence-electron chi connectivity index (χ4n) is 2.11. The summed E-state index contributed by atoms with van der Waals surface area (Å²) in [7, 11) is 0. The summed E-state index contributed by atoms with van der Waals surface area (Å²) in [4.78, 5) is 22.9. The molecule has 1 heterocycles. The summed E-state index contributed by atoms with van der Waals surface area (Å²) in [5, 5.41) is 14.2. The van der Waals surface area contributed by atoms with E-state index < -0.39 is 35.4 Å². The summed E-state index contributed by atoms with van der Waals surface area (Å²) >= 11 is 0. The van der Waals surface area contributed by atoms with Crippen molar-refractivity contribution in [2.45, 2.75) is 25.2 Å². The first-order valence-corrected chi connectivity index (χ1v) is 6.79. The van der Waals surface area contributed by atoms with Crippen molar-refractivity contribution in [1.82, 2.24) is 9.78 Å². The predicted octanol–water partition coefficient (Wildman–Crippen LogP) is 1.27. The zero-order chi connectivity index (χ0) is 18.1. The number of carbonyl (C=O) groups excluding carboxylic acids is 1. The molecule has 0 aliphatic rings. The molecule has 1 unspecified atom stereocenters. The van der Waals surface area contributed by atoms with E-state index in [0.717, 1.165) is 35.0 Å². The standard InChI is InChI=1S/C15H14F3N3O3/c1-14(24,9-3-2-4-10(7-9)15(16,17)18)8-21-12(22)6-5-11(20-21)13(19)23/h2-7,24H,8H2,1H3,(H2,19,23). The Bertz CT molecular complexity index is 828. The number of nitrogens with two attached hydrogens (primary N) is 1. The summed E-state index contributed by atoms with van der Waals surface area (Å²) in [5.74, 6) is -0.873. The number of primary amides is 1. The first-order chi connectivity index (χ1) is 11.0. The molecule has 0 aliphatic heterocycles. The maximum Gasteiger partial charge on any atom is 0.416 e. The summed E-state index contributed by atoms with van der Waals surface area (Å²) in [6.07, 6.45) is -4.56. The molecule has 6 nitrogen and oxygen atoms in total. The number of amides is 1. The van der Waals surface area contributed by atoms with Crippen LogP contribution in [-0.4, -0.2) is 20.8 Å². The molecule has 0 radical (unpaired) electrons. The minimum atomic E-state index is -4.56. The number of nitrogens with zero attached hydrogens (tertiary/aromatic N) is 2. The number of hydrogen-bond acceptors (Lipinski definition) is 4. The van der Waals surface area contributed by atoms with Crippen LogP contribution in [-0.2, 0) is 18.3 Å². The van der Waals surface area contributed by atoms with Gasteiger partial charge < -0.3 is 10.8 Å². The molecule has 2 rings (SSSR count). The molecule has 0 aliphatic carbocycles. The normalized spacial score (nSPS) is 14.2. The lowest BCUT2D eigenvalue weighted by Crippen LogP contribution is -2.36. The van der Waals surface area contributed by atoms with E-state index in [4.69, 9.17) is 5.73 Å². The van der Waals surface area contributed by atoms with Crippen LogP contribution in [0.4, 0.5) is 13.2 Å². The van der Waals surface area contributed by atoms with Crippen LogP contribution >= 0.6 is 0 Å². The molecule has 0 bridgehead atoms. The number of alkyl halides is 3. The fraction of sp³-hybridized carbons (Fsp3) is 0.267. The number of rotatable bonds is 4. The molecule has 2 aromatic rings. The average Bonchev–Trinajstić information content (AvgIpc) is 2.48. The number of halogens is 3. The number of aliphatic hydroxyl groups is 1. The Morgan fingerprint density at radius 3 is 2.46 bits per heavy atom. The third-order valence-electron chi connectivity index (χ3n) is 3.39. The molecule has 3 N–H and O–H groups in total. The van der Waals surface area contributed by atoms with Crippen LogP contribution in [0, 0.1) is 0 Å². The van der Waals surface area contributed by atoms with E-state index in [2.05, 4.69) is 5.10 Å². The van der Waals surface area contributed by atoms with E-state index in [0.29, 0.717) is 0 Å². The Balaban J connectivity index is 2.40. The quantitative estimate of drug-likeness (QED) is 0.875. The topological polar surface area (TPSA) is 98.2 Å². The molecule has 0 fully saturated rings. The highest BCUT2D eigenvalue weighted by molar-refractivity contribution is 5.90. The zero-order valence-electron chi connectivity index (χ0n) is 12.5. The summed E-state index contributed by atoms with van der Waals surface area (Å²) in [5.41, 5.74) is 1.44. The van der Waals surface area contributed by atoms with Crippen molar-refractivity contribution in [3.8, 4) is 0 Å². The molecular weight excluding hydrogens is 327 g/mol. The van der Waals surface area contributed by atoms with Crippen LogP contribution in [0.1, 0.15) is 28.5 Å². The van der Waals surface area contributed by atoms with Gasteiger partial charge in [0.05, 0.1) is 12.1 Å². The average molecular weight is 341 g/mol. The molecule has 24 heavy (non-hydrogen) atoms. The van der Waals surface area contributed by atoms with Crippen molar-refractivity contribution in [2.24, 2.45) is 5.73 Å². The maximum absolute atomic E-state index is 12.8. The maximum atomic E-state index is 12.8. The monoisotopic (exact) mass is 341 g/mol. The second kappa shape index (κ2) is 6.08. The van der Waals surface area contributed by atoms with Gasteiger partial charge in [0.15, 0.2) is 0 Å². The second-order valence-electron chi connectivity index (χ2n) is 5.43. The Hall–Kier alpha value is -2.68. The van der Waals surface area contributed by atoms with Crippen LogP contribution in [0.15, 0.2) is 41.2 Å². The minimum absolute atomic E-state index is 0.0458. The van der Waals surface area contributed by atoms with Gasteiger partial charge in [0, 0.05) is 6.07 Å². The van der Waals surface area contributed by atoms with Crippen LogP contribution < -0.4 is 11.3 Å². The van der Waals surface area contributed by atoms with E-state index in [1.807, 2.05) is 0 Å². The van der Waals surface area contributed by atoms with Gasteiger partial charge in [-0.25, -0.2) is 4.68 Å². The van der Waals surface area contributed by atoms with E-state index in [1.165, 1.54) is 13.0 Å². The number of benzene rings is 1. The van der Waals surface area contributed by atoms with E-state index in [1.54, 1.807) is 0 Å². The predicted molar refractivity (Wildman–Crippen MR) is 78.0 cm³/mol. The van der Waals surface area contributed by atoms with Crippen molar-refractivity contribution < 1.29 is 23.1 Å². The van der Waals surface area contributed by atoms with Gasteiger partial charge in [-0.05, 0) is 30.7 Å². The molecule has 1 atom stereocenters. The van der Waals surface area contributed by atoms with Crippen molar-refractivity contribution in [2.75, 3.05) is 0 Å². The third-order valence-corrected chi connectivity index (χ3v) is 3.39. The van der Waals surface area contributed by atoms with Gasteiger partial charge in [0.2, 0.25) is 0 Å². The highest BCUT2D eigenvalue weighted by atomic mass is 19.4. The molecule has 0 spiro atoms. The molecule has 1 aromatic carbocycles. The lowest BCUT2D eigenvalue weighted by atomic mass is 9.94. The minimum Gasteiger partial charge on any atom is -0.384 e. The smallest absolute Gasteiger partial charge is 0.384 e. The van der Waals surface area contributed by atoms with Gasteiger partial charge in [-0.2, -0.15) is 18.3 Å². The molecular formula is C15H14F3N3O3. The van der Waals surface area contributed by atoms with Crippen molar-refractivity contribution in [1.29, 1.82) is 0 Å². The van der Waals surface area contributed by atoms with Crippen LogP contribution in [0.25, 0.3) is 0 Å². The van der Waals surface area contributed by atoms with Crippen molar-refractivity contribution in [3.05, 3.63) is 63.6 Å². The largest absolute Gasteiger partial charge is 0.416 e. The highest BCUT2D eigenvalue weighted by Crippen LogP contribution is 2.32. The summed E-state index contributed by atoms with van der Waals surface area (Å²) < 4.78 is 39.1. The van der Waals surface area contributed by atoms with E-state index in [-0.39, 0.29) is 11.3 Å². The number of hydrogen-bond donors (Lipinski definition) is 2. The lowest BCUT2D eigenvalue weighted by Gasteiger charge is -2.25. The summed E-state index contributed by atoms with van der Waals surface area (Å²) in [6.45, 7) is 0.793. The van der Waals surface area contributed by atoms with Gasteiger partial charge in [0.1, 0.15) is 11.3 Å². The fourth-order valence-corrected chi connectivity index (χ4v) is 2.11. The molecule has 0 saturated heterocycles. The van der Waals surface area contributed by atoms with Crippen LogP contribution in [0.2, 0.25) is 0 Å². The third kappa shape index (κ3) is 3.80. The second-order valence-corrected chi connectivity index (χ2v) is 5.43. The Morgan fingerprint density at radius 2 is 1.88 bits per heavy atom.